The topological polar surface area (TPSA) is 125 Å². The van der Waals surface area contributed by atoms with E-state index in [1.165, 1.54) is 36.4 Å². The molecule has 0 aliphatic rings. The molecule has 0 fully saturated rings. The lowest BCUT2D eigenvalue weighted by Gasteiger charge is -2.12. The first kappa shape index (κ1) is 26.9. The number of H-pyrrole nitrogens is 1. The normalized spacial score (nSPS) is 12.0. The number of rotatable bonds is 7. The van der Waals surface area contributed by atoms with Crippen LogP contribution in [0.15, 0.2) is 83.8 Å². The summed E-state index contributed by atoms with van der Waals surface area (Å²) in [7, 11) is -4.21. The average Bonchev–Trinajstić information content (AvgIpc) is 3.36. The molecular formula is C28H21F3N4O4S. The van der Waals surface area contributed by atoms with Gasteiger partial charge in [0.25, 0.3) is 10.0 Å². The minimum absolute atomic E-state index is 0.0359. The number of carboxylic acid groups (broad SMARTS) is 1. The summed E-state index contributed by atoms with van der Waals surface area (Å²) in [6, 6.07) is 18.2. The van der Waals surface area contributed by atoms with Crippen molar-refractivity contribution in [1.29, 1.82) is 0 Å². The van der Waals surface area contributed by atoms with Crippen LogP contribution in [0.1, 0.15) is 28.4 Å². The second-order valence-corrected chi connectivity index (χ2v) is 10.6. The predicted molar refractivity (Wildman–Crippen MR) is 143 cm³/mol. The van der Waals surface area contributed by atoms with E-state index in [0.29, 0.717) is 22.7 Å². The lowest BCUT2D eigenvalue weighted by molar-refractivity contribution is -0.137. The zero-order valence-corrected chi connectivity index (χ0v) is 21.6. The fourth-order valence-electron chi connectivity index (χ4n) is 4.23. The number of nitrogens with zero attached hydrogens (tertiary/aromatic N) is 2. The zero-order valence-electron chi connectivity index (χ0n) is 20.8. The Bertz CT molecular complexity index is 1830. The standard InChI is InChI=1S/C28H21F3N4O4S/c1-2-16-6-8-18(9-7-16)25-24-22(27(36)37)15-23(32-26(24)34-33-25)17-10-12-21(13-11-17)40(38,39)35-20-5-3-4-19(14-20)28(29,30)31/h3-15,35H,2H2,1H3,(H,36,37)(H,32,33,34). The average molecular weight is 567 g/mol. The van der Waals surface area contributed by atoms with E-state index in [9.17, 15) is 31.5 Å². The van der Waals surface area contributed by atoms with Crippen LogP contribution in [-0.2, 0) is 22.6 Å². The highest BCUT2D eigenvalue weighted by molar-refractivity contribution is 7.92. The first-order chi connectivity index (χ1) is 19.0. The van der Waals surface area contributed by atoms with Crippen molar-refractivity contribution in [2.45, 2.75) is 24.4 Å². The van der Waals surface area contributed by atoms with E-state index in [-0.39, 0.29) is 27.5 Å². The number of nitrogens with one attached hydrogen (secondary N) is 2. The van der Waals surface area contributed by atoms with Gasteiger partial charge >= 0.3 is 12.1 Å². The SMILES string of the molecule is CCc1ccc(-c2[nH]nc3nc(-c4ccc(S(=O)(=O)Nc5cccc(C(F)(F)F)c5)cc4)cc(C(=O)O)c23)cc1. The number of carboxylic acids is 1. The molecule has 2 aromatic heterocycles. The Morgan fingerprint density at radius 2 is 1.65 bits per heavy atom. The van der Waals surface area contributed by atoms with Gasteiger partial charge in [0.1, 0.15) is 0 Å². The Morgan fingerprint density at radius 1 is 0.975 bits per heavy atom. The summed E-state index contributed by atoms with van der Waals surface area (Å²) < 4.78 is 66.7. The number of alkyl halides is 3. The van der Waals surface area contributed by atoms with Gasteiger partial charge in [-0.2, -0.15) is 18.3 Å². The molecule has 0 saturated heterocycles. The van der Waals surface area contributed by atoms with Crippen molar-refractivity contribution in [2.75, 3.05) is 4.72 Å². The number of hydrogen-bond donors (Lipinski definition) is 3. The first-order valence-corrected chi connectivity index (χ1v) is 13.5. The highest BCUT2D eigenvalue weighted by atomic mass is 32.2. The van der Waals surface area contributed by atoms with Gasteiger partial charge in [-0.1, -0.05) is 49.4 Å². The summed E-state index contributed by atoms with van der Waals surface area (Å²) >= 11 is 0. The molecule has 0 unspecified atom stereocenters. The van der Waals surface area contributed by atoms with Gasteiger partial charge in [0, 0.05) is 16.8 Å². The van der Waals surface area contributed by atoms with Crippen molar-refractivity contribution >= 4 is 32.7 Å². The highest BCUT2D eigenvalue weighted by Gasteiger charge is 2.31. The third-order valence-electron chi connectivity index (χ3n) is 6.31. The van der Waals surface area contributed by atoms with E-state index in [2.05, 4.69) is 19.9 Å². The van der Waals surface area contributed by atoms with Gasteiger partial charge in [-0.3, -0.25) is 9.82 Å². The Hall–Kier alpha value is -4.71. The summed E-state index contributed by atoms with van der Waals surface area (Å²) in [6.45, 7) is 2.03. The third kappa shape index (κ3) is 5.25. The van der Waals surface area contributed by atoms with Crippen molar-refractivity contribution in [2.24, 2.45) is 0 Å². The summed E-state index contributed by atoms with van der Waals surface area (Å²) in [5.41, 5.74) is 1.96. The van der Waals surface area contributed by atoms with Crippen LogP contribution in [0.4, 0.5) is 18.9 Å². The van der Waals surface area contributed by atoms with Crippen molar-refractivity contribution in [3.8, 4) is 22.5 Å². The van der Waals surface area contributed by atoms with Crippen molar-refractivity contribution in [1.82, 2.24) is 15.2 Å². The molecule has 3 N–H and O–H groups in total. The van der Waals surface area contributed by atoms with Gasteiger partial charge in [0.2, 0.25) is 0 Å². The molecule has 0 atom stereocenters. The molecule has 12 heteroatoms. The van der Waals surface area contributed by atoms with Crippen molar-refractivity contribution in [3.63, 3.8) is 0 Å². The lowest BCUT2D eigenvalue weighted by Crippen LogP contribution is -2.14. The van der Waals surface area contributed by atoms with E-state index in [0.717, 1.165) is 29.7 Å². The van der Waals surface area contributed by atoms with Crippen LogP contribution in [0, 0.1) is 0 Å². The third-order valence-corrected chi connectivity index (χ3v) is 7.70. The van der Waals surface area contributed by atoms with E-state index in [4.69, 9.17) is 0 Å². The number of aromatic amines is 1. The second kappa shape index (κ2) is 10.1. The van der Waals surface area contributed by atoms with Gasteiger partial charge in [0.05, 0.1) is 32.8 Å². The van der Waals surface area contributed by atoms with Gasteiger partial charge in [-0.15, -0.1) is 0 Å². The summed E-state index contributed by atoms with van der Waals surface area (Å²) in [5, 5.41) is 17.4. The minimum atomic E-state index is -4.62. The lowest BCUT2D eigenvalue weighted by atomic mass is 10.0. The number of pyridine rings is 1. The van der Waals surface area contributed by atoms with Gasteiger partial charge in [-0.05, 0) is 48.4 Å². The van der Waals surface area contributed by atoms with Crippen LogP contribution in [0.3, 0.4) is 0 Å². The molecule has 3 aromatic carbocycles. The monoisotopic (exact) mass is 566 g/mol. The fourth-order valence-corrected chi connectivity index (χ4v) is 5.28. The Balaban J connectivity index is 1.47. The van der Waals surface area contributed by atoms with Crippen LogP contribution in [0.25, 0.3) is 33.5 Å². The number of hydrogen-bond acceptors (Lipinski definition) is 5. The number of aromatic nitrogens is 3. The van der Waals surface area contributed by atoms with Gasteiger partial charge < -0.3 is 5.11 Å². The minimum Gasteiger partial charge on any atom is -0.478 e. The van der Waals surface area contributed by atoms with Crippen LogP contribution >= 0.6 is 0 Å². The molecule has 0 bridgehead atoms. The predicted octanol–water partition coefficient (Wildman–Crippen LogP) is 6.37. The molecule has 40 heavy (non-hydrogen) atoms. The molecule has 8 nitrogen and oxygen atoms in total. The number of anilines is 1. The molecule has 5 aromatic rings. The maximum atomic E-state index is 13.0. The maximum absolute atomic E-state index is 13.0. The number of sulfonamides is 1. The summed E-state index contributed by atoms with van der Waals surface area (Å²) in [6.07, 6.45) is -3.77. The van der Waals surface area contributed by atoms with Crippen LogP contribution in [0.5, 0.6) is 0 Å². The van der Waals surface area contributed by atoms with Gasteiger partial charge in [-0.25, -0.2) is 18.2 Å². The number of carbonyl (C=O) groups is 1. The highest BCUT2D eigenvalue weighted by Crippen LogP contribution is 2.33. The van der Waals surface area contributed by atoms with Crippen LogP contribution in [0.2, 0.25) is 0 Å². The molecule has 0 spiro atoms. The van der Waals surface area contributed by atoms with Crippen LogP contribution in [-0.4, -0.2) is 34.7 Å². The number of benzene rings is 3. The molecule has 0 amide bonds. The maximum Gasteiger partial charge on any atom is 0.416 e. The van der Waals surface area contributed by atoms with E-state index >= 15 is 0 Å². The first-order valence-electron chi connectivity index (χ1n) is 12.0. The molecule has 0 aliphatic carbocycles. The Kier molecular flexibility index (Phi) is 6.80. The van der Waals surface area contributed by atoms with E-state index in [1.807, 2.05) is 31.2 Å². The van der Waals surface area contributed by atoms with E-state index < -0.39 is 27.7 Å². The summed E-state index contributed by atoms with van der Waals surface area (Å²) in [4.78, 5) is 16.5. The molecule has 0 saturated carbocycles. The largest absolute Gasteiger partial charge is 0.478 e. The Labute approximate surface area is 226 Å². The molecule has 0 radical (unpaired) electrons. The molecular weight excluding hydrogens is 545 g/mol. The molecule has 204 valence electrons. The van der Waals surface area contributed by atoms with Gasteiger partial charge in [0.15, 0.2) is 5.65 Å². The summed E-state index contributed by atoms with van der Waals surface area (Å²) in [5.74, 6) is -1.19. The van der Waals surface area contributed by atoms with Crippen molar-refractivity contribution in [3.05, 3.63) is 95.6 Å². The smallest absolute Gasteiger partial charge is 0.416 e. The zero-order chi connectivity index (χ0) is 28.7. The number of aryl methyl sites for hydroxylation is 1. The molecule has 0 aliphatic heterocycles. The molecule has 2 heterocycles. The Morgan fingerprint density at radius 3 is 2.27 bits per heavy atom. The number of aromatic carboxylic acids is 1. The number of halogens is 3. The number of fused-ring (bicyclic) bond motifs is 1. The quantitative estimate of drug-likeness (QED) is 0.210. The second-order valence-electron chi connectivity index (χ2n) is 8.92. The molecule has 5 rings (SSSR count). The van der Waals surface area contributed by atoms with Crippen molar-refractivity contribution < 1.29 is 31.5 Å². The van der Waals surface area contributed by atoms with Crippen LogP contribution < -0.4 is 4.72 Å². The van der Waals surface area contributed by atoms with E-state index in [1.54, 1.807) is 0 Å². The fraction of sp³-hybridized carbons (Fsp3) is 0.107.